The molecule has 4 nitrogen and oxygen atoms in total. The first-order chi connectivity index (χ1) is 10.2. The molecule has 0 bridgehead atoms. The third-order valence-electron chi connectivity index (χ3n) is 2.97. The van der Waals surface area contributed by atoms with Crippen molar-refractivity contribution in [2.45, 2.75) is 12.6 Å². The minimum atomic E-state index is -0.517. The molecule has 0 aliphatic rings. The van der Waals surface area contributed by atoms with Crippen LogP contribution in [-0.4, -0.2) is 11.2 Å². The lowest BCUT2D eigenvalue weighted by molar-refractivity contribution is 0.137. The SMILES string of the molecule is C=C[C@H](NC(=O)OCc1ccccc1)c1ccc(O)cc1. The predicted octanol–water partition coefficient (Wildman–Crippen LogP) is 3.55. The van der Waals surface area contributed by atoms with Crippen LogP contribution in [0, 0.1) is 0 Å². The summed E-state index contributed by atoms with van der Waals surface area (Å²) in [7, 11) is 0. The molecule has 108 valence electrons. The first kappa shape index (κ1) is 14.7. The number of alkyl carbamates (subject to hydrolysis) is 1. The van der Waals surface area contributed by atoms with Crippen LogP contribution in [0.4, 0.5) is 4.79 Å². The highest BCUT2D eigenvalue weighted by molar-refractivity contribution is 5.68. The summed E-state index contributed by atoms with van der Waals surface area (Å²) in [5.74, 6) is 0.174. The number of carbonyl (C=O) groups is 1. The van der Waals surface area contributed by atoms with Gasteiger partial charge in [0.1, 0.15) is 12.4 Å². The smallest absolute Gasteiger partial charge is 0.408 e. The number of benzene rings is 2. The van der Waals surface area contributed by atoms with Crippen molar-refractivity contribution in [2.75, 3.05) is 0 Å². The summed E-state index contributed by atoms with van der Waals surface area (Å²) < 4.78 is 5.16. The Morgan fingerprint density at radius 3 is 2.48 bits per heavy atom. The van der Waals surface area contributed by atoms with Crippen molar-refractivity contribution in [3.05, 3.63) is 78.4 Å². The van der Waals surface area contributed by atoms with Gasteiger partial charge in [0.2, 0.25) is 0 Å². The van der Waals surface area contributed by atoms with Gasteiger partial charge in [0.15, 0.2) is 0 Å². The Hall–Kier alpha value is -2.75. The summed E-state index contributed by atoms with van der Waals surface area (Å²) in [6.07, 6.45) is 1.09. The molecule has 21 heavy (non-hydrogen) atoms. The fourth-order valence-corrected chi connectivity index (χ4v) is 1.85. The Morgan fingerprint density at radius 2 is 1.86 bits per heavy atom. The first-order valence-corrected chi connectivity index (χ1v) is 6.58. The highest BCUT2D eigenvalue weighted by Gasteiger charge is 2.12. The van der Waals surface area contributed by atoms with Gasteiger partial charge in [-0.05, 0) is 23.3 Å². The van der Waals surface area contributed by atoms with Crippen molar-refractivity contribution in [2.24, 2.45) is 0 Å². The summed E-state index contributed by atoms with van der Waals surface area (Å²) in [4.78, 5) is 11.8. The summed E-state index contributed by atoms with van der Waals surface area (Å²) in [5, 5.41) is 12.0. The summed E-state index contributed by atoms with van der Waals surface area (Å²) in [6.45, 7) is 3.91. The van der Waals surface area contributed by atoms with E-state index in [0.29, 0.717) is 0 Å². The molecule has 0 aromatic heterocycles. The van der Waals surface area contributed by atoms with Crippen molar-refractivity contribution in [1.82, 2.24) is 5.32 Å². The summed E-state index contributed by atoms with van der Waals surface area (Å²) >= 11 is 0. The molecule has 0 aliphatic heterocycles. The molecule has 2 N–H and O–H groups in total. The molecule has 4 heteroatoms. The highest BCUT2D eigenvalue weighted by atomic mass is 16.5. The molecular weight excluding hydrogens is 266 g/mol. The van der Waals surface area contributed by atoms with Gasteiger partial charge in [0.25, 0.3) is 0 Å². The Bertz CT molecular complexity index is 593. The molecule has 0 saturated carbocycles. The van der Waals surface area contributed by atoms with Crippen LogP contribution in [0.1, 0.15) is 17.2 Å². The molecule has 0 spiro atoms. The lowest BCUT2D eigenvalue weighted by Gasteiger charge is -2.15. The second kappa shape index (κ2) is 7.14. The number of hydrogen-bond donors (Lipinski definition) is 2. The zero-order chi connectivity index (χ0) is 15.1. The van der Waals surface area contributed by atoms with E-state index in [1.54, 1.807) is 30.3 Å². The fourth-order valence-electron chi connectivity index (χ4n) is 1.85. The van der Waals surface area contributed by atoms with Crippen LogP contribution < -0.4 is 5.32 Å². The zero-order valence-electron chi connectivity index (χ0n) is 11.5. The molecule has 0 heterocycles. The van der Waals surface area contributed by atoms with Crippen molar-refractivity contribution in [1.29, 1.82) is 0 Å². The van der Waals surface area contributed by atoms with Crippen LogP contribution in [0.25, 0.3) is 0 Å². The Balaban J connectivity index is 1.91. The lowest BCUT2D eigenvalue weighted by Crippen LogP contribution is -2.27. The number of hydrogen-bond acceptors (Lipinski definition) is 3. The number of phenols is 1. The number of ether oxygens (including phenoxy) is 1. The average molecular weight is 283 g/mol. The largest absolute Gasteiger partial charge is 0.508 e. The van der Waals surface area contributed by atoms with Crippen molar-refractivity contribution in [3.8, 4) is 5.75 Å². The number of amides is 1. The van der Waals surface area contributed by atoms with E-state index in [1.165, 1.54) is 0 Å². The molecule has 1 amide bonds. The van der Waals surface area contributed by atoms with Crippen LogP contribution in [-0.2, 0) is 11.3 Å². The standard InChI is InChI=1S/C17H17NO3/c1-2-16(14-8-10-15(19)11-9-14)18-17(20)21-12-13-6-4-3-5-7-13/h2-11,16,19H,1,12H2,(H,18,20)/t16-/m0/s1. The quantitative estimate of drug-likeness (QED) is 0.825. The van der Waals surface area contributed by atoms with Crippen molar-refractivity contribution < 1.29 is 14.6 Å². The topological polar surface area (TPSA) is 58.6 Å². The highest BCUT2D eigenvalue weighted by Crippen LogP contribution is 2.17. The van der Waals surface area contributed by atoms with Gasteiger partial charge >= 0.3 is 6.09 Å². The zero-order valence-corrected chi connectivity index (χ0v) is 11.5. The van der Waals surface area contributed by atoms with Crippen LogP contribution >= 0.6 is 0 Å². The normalized spacial score (nSPS) is 11.4. The number of aromatic hydroxyl groups is 1. The lowest BCUT2D eigenvalue weighted by atomic mass is 10.1. The predicted molar refractivity (Wildman–Crippen MR) is 80.8 cm³/mol. The maximum Gasteiger partial charge on any atom is 0.408 e. The van der Waals surface area contributed by atoms with Gasteiger partial charge < -0.3 is 15.2 Å². The van der Waals surface area contributed by atoms with Gasteiger partial charge in [-0.3, -0.25) is 0 Å². The number of carbonyl (C=O) groups excluding carboxylic acids is 1. The van der Waals surface area contributed by atoms with Crippen LogP contribution in [0.3, 0.4) is 0 Å². The number of rotatable bonds is 5. The van der Waals surface area contributed by atoms with Gasteiger partial charge in [-0.1, -0.05) is 48.5 Å². The second-order valence-electron chi connectivity index (χ2n) is 4.51. The van der Waals surface area contributed by atoms with E-state index in [2.05, 4.69) is 11.9 Å². The monoisotopic (exact) mass is 283 g/mol. The Kier molecular flexibility index (Phi) is 4.99. The molecule has 0 saturated heterocycles. The van der Waals surface area contributed by atoms with E-state index in [0.717, 1.165) is 11.1 Å². The van der Waals surface area contributed by atoms with E-state index < -0.39 is 6.09 Å². The molecule has 0 unspecified atom stereocenters. The molecule has 0 radical (unpaired) electrons. The van der Waals surface area contributed by atoms with Crippen molar-refractivity contribution >= 4 is 6.09 Å². The maximum atomic E-state index is 11.8. The molecule has 2 aromatic rings. The second-order valence-corrected chi connectivity index (χ2v) is 4.51. The average Bonchev–Trinajstić information content (AvgIpc) is 2.52. The van der Waals surface area contributed by atoms with Gasteiger partial charge in [-0.25, -0.2) is 4.79 Å². The van der Waals surface area contributed by atoms with Crippen LogP contribution in [0.15, 0.2) is 67.3 Å². The van der Waals surface area contributed by atoms with E-state index in [1.807, 2.05) is 30.3 Å². The number of phenolic OH excluding ortho intramolecular Hbond substituents is 1. The van der Waals surface area contributed by atoms with Crippen LogP contribution in [0.5, 0.6) is 5.75 Å². The maximum absolute atomic E-state index is 11.8. The van der Waals surface area contributed by atoms with E-state index in [4.69, 9.17) is 4.74 Å². The van der Waals surface area contributed by atoms with Crippen LogP contribution in [0.2, 0.25) is 0 Å². The molecule has 0 aliphatic carbocycles. The third kappa shape index (κ3) is 4.38. The minimum absolute atomic E-state index is 0.174. The molecule has 2 rings (SSSR count). The molecule has 2 aromatic carbocycles. The number of nitrogens with one attached hydrogen (secondary N) is 1. The van der Waals surface area contributed by atoms with E-state index >= 15 is 0 Å². The van der Waals surface area contributed by atoms with Gasteiger partial charge in [-0.15, -0.1) is 6.58 Å². The molecule has 0 fully saturated rings. The summed E-state index contributed by atoms with van der Waals surface area (Å²) in [5.41, 5.74) is 1.74. The fraction of sp³-hybridized carbons (Fsp3) is 0.118. The van der Waals surface area contributed by atoms with Gasteiger partial charge in [-0.2, -0.15) is 0 Å². The third-order valence-corrected chi connectivity index (χ3v) is 2.97. The molecular formula is C17H17NO3. The van der Waals surface area contributed by atoms with E-state index in [9.17, 15) is 9.90 Å². The van der Waals surface area contributed by atoms with Crippen molar-refractivity contribution in [3.63, 3.8) is 0 Å². The first-order valence-electron chi connectivity index (χ1n) is 6.58. The Labute approximate surface area is 123 Å². The summed E-state index contributed by atoms with van der Waals surface area (Å²) in [6, 6.07) is 15.6. The van der Waals surface area contributed by atoms with Gasteiger partial charge in [0.05, 0.1) is 6.04 Å². The molecule has 1 atom stereocenters. The van der Waals surface area contributed by atoms with E-state index in [-0.39, 0.29) is 18.4 Å². The minimum Gasteiger partial charge on any atom is -0.508 e. The van der Waals surface area contributed by atoms with Gasteiger partial charge in [0, 0.05) is 0 Å². The Morgan fingerprint density at radius 1 is 1.19 bits per heavy atom.